The number of pyridine rings is 1. The summed E-state index contributed by atoms with van der Waals surface area (Å²) in [6, 6.07) is 12.2. The second-order valence-electron chi connectivity index (χ2n) is 7.53. The fourth-order valence-corrected chi connectivity index (χ4v) is 5.03. The van der Waals surface area contributed by atoms with Crippen LogP contribution in [0.2, 0.25) is 0 Å². The number of halogens is 1. The Morgan fingerprint density at radius 3 is 2.50 bits per heavy atom. The number of piperazine rings is 1. The molecule has 0 unspecified atom stereocenters. The molecular formula is C23H21FN6OS. The Morgan fingerprint density at radius 1 is 1.00 bits per heavy atom. The van der Waals surface area contributed by atoms with Gasteiger partial charge in [0.15, 0.2) is 0 Å². The van der Waals surface area contributed by atoms with Crippen LogP contribution in [0, 0.1) is 12.7 Å². The first kappa shape index (κ1) is 20.3. The molecule has 1 amide bonds. The van der Waals surface area contributed by atoms with Crippen LogP contribution in [-0.4, -0.2) is 47.0 Å². The number of nitrogens with one attached hydrogen (secondary N) is 1. The molecule has 7 nitrogen and oxygen atoms in total. The van der Waals surface area contributed by atoms with Gasteiger partial charge in [0.25, 0.3) is 5.91 Å². The third-order valence-electron chi connectivity index (χ3n) is 5.59. The van der Waals surface area contributed by atoms with Gasteiger partial charge in [-0.1, -0.05) is 18.2 Å². The van der Waals surface area contributed by atoms with Crippen molar-refractivity contribution in [2.24, 2.45) is 0 Å². The SMILES string of the molecule is Cc1c(C(=O)Nc2ccccn2)sc2ncnc(N3CCN(c4ccccc4F)CC3)c12. The highest BCUT2D eigenvalue weighted by atomic mass is 32.1. The summed E-state index contributed by atoms with van der Waals surface area (Å²) < 4.78 is 14.2. The molecule has 1 aliphatic rings. The van der Waals surface area contributed by atoms with Crippen LogP contribution >= 0.6 is 11.3 Å². The van der Waals surface area contributed by atoms with Gasteiger partial charge in [0.2, 0.25) is 0 Å². The average Bonchev–Trinajstić information content (AvgIpc) is 3.17. The number of amides is 1. The summed E-state index contributed by atoms with van der Waals surface area (Å²) in [6.45, 7) is 4.69. The quantitative estimate of drug-likeness (QED) is 0.506. The maximum absolute atomic E-state index is 14.2. The highest BCUT2D eigenvalue weighted by Crippen LogP contribution is 2.35. The zero-order chi connectivity index (χ0) is 22.1. The number of anilines is 3. The number of rotatable bonds is 4. The Balaban J connectivity index is 1.40. The number of carbonyl (C=O) groups is 1. The molecule has 0 bridgehead atoms. The van der Waals surface area contributed by atoms with Gasteiger partial charge in [-0.2, -0.15) is 0 Å². The van der Waals surface area contributed by atoms with Crippen LogP contribution in [0.4, 0.5) is 21.7 Å². The van der Waals surface area contributed by atoms with E-state index in [1.165, 1.54) is 23.7 Å². The fourth-order valence-electron chi connectivity index (χ4n) is 3.99. The molecule has 5 rings (SSSR count). The lowest BCUT2D eigenvalue weighted by Gasteiger charge is -2.37. The van der Waals surface area contributed by atoms with E-state index in [-0.39, 0.29) is 11.7 Å². The highest BCUT2D eigenvalue weighted by molar-refractivity contribution is 7.20. The second kappa shape index (κ2) is 8.51. The number of hydrogen-bond donors (Lipinski definition) is 1. The van der Waals surface area contributed by atoms with E-state index >= 15 is 0 Å². The summed E-state index contributed by atoms with van der Waals surface area (Å²) in [5.74, 6) is 0.904. The smallest absolute Gasteiger partial charge is 0.267 e. The third kappa shape index (κ3) is 3.75. The number of para-hydroxylation sites is 1. The predicted octanol–water partition coefficient (Wildman–Crippen LogP) is 4.11. The summed E-state index contributed by atoms with van der Waals surface area (Å²) in [5.41, 5.74) is 1.48. The van der Waals surface area contributed by atoms with Gasteiger partial charge in [0.05, 0.1) is 16.0 Å². The molecule has 0 radical (unpaired) electrons. The number of nitrogens with zero attached hydrogens (tertiary/aromatic N) is 5. The van der Waals surface area contributed by atoms with Gasteiger partial charge >= 0.3 is 0 Å². The van der Waals surface area contributed by atoms with Crippen LogP contribution in [-0.2, 0) is 0 Å². The fraction of sp³-hybridized carbons (Fsp3) is 0.217. The van der Waals surface area contributed by atoms with E-state index in [1.807, 2.05) is 25.1 Å². The molecule has 4 aromatic rings. The number of thiophene rings is 1. The molecule has 1 aromatic carbocycles. The van der Waals surface area contributed by atoms with Crippen molar-refractivity contribution in [3.63, 3.8) is 0 Å². The first-order chi connectivity index (χ1) is 15.6. The minimum Gasteiger partial charge on any atom is -0.366 e. The molecule has 3 aromatic heterocycles. The average molecular weight is 449 g/mol. The maximum Gasteiger partial charge on any atom is 0.267 e. The van der Waals surface area contributed by atoms with Crippen LogP contribution < -0.4 is 15.1 Å². The Hall–Kier alpha value is -3.59. The number of carbonyl (C=O) groups excluding carboxylic acids is 1. The molecule has 1 N–H and O–H groups in total. The molecule has 162 valence electrons. The number of aryl methyl sites for hydroxylation is 1. The summed E-state index contributed by atoms with van der Waals surface area (Å²) in [4.78, 5) is 31.6. The third-order valence-corrected chi connectivity index (χ3v) is 6.79. The Labute approximate surface area is 188 Å². The minimum atomic E-state index is -0.209. The maximum atomic E-state index is 14.2. The van der Waals surface area contributed by atoms with Crippen molar-refractivity contribution in [1.29, 1.82) is 0 Å². The molecule has 9 heteroatoms. The van der Waals surface area contributed by atoms with Gasteiger partial charge < -0.3 is 15.1 Å². The van der Waals surface area contributed by atoms with E-state index in [9.17, 15) is 9.18 Å². The van der Waals surface area contributed by atoms with Crippen LogP contribution in [0.15, 0.2) is 55.0 Å². The normalized spacial score (nSPS) is 14.1. The molecular weight excluding hydrogens is 427 g/mol. The van der Waals surface area contributed by atoms with Gasteiger partial charge in [0, 0.05) is 32.4 Å². The Kier molecular flexibility index (Phi) is 5.40. The van der Waals surface area contributed by atoms with Crippen molar-refractivity contribution in [1.82, 2.24) is 15.0 Å². The number of hydrogen-bond acceptors (Lipinski definition) is 7. The van der Waals surface area contributed by atoms with E-state index in [0.29, 0.717) is 42.6 Å². The second-order valence-corrected chi connectivity index (χ2v) is 8.53. The number of aromatic nitrogens is 3. The largest absolute Gasteiger partial charge is 0.366 e. The van der Waals surface area contributed by atoms with Crippen molar-refractivity contribution in [3.8, 4) is 0 Å². The molecule has 0 aliphatic carbocycles. The zero-order valence-corrected chi connectivity index (χ0v) is 18.3. The predicted molar refractivity (Wildman–Crippen MR) is 125 cm³/mol. The summed E-state index contributed by atoms with van der Waals surface area (Å²) in [7, 11) is 0. The molecule has 1 aliphatic heterocycles. The highest BCUT2D eigenvalue weighted by Gasteiger charge is 2.25. The van der Waals surface area contributed by atoms with E-state index in [1.54, 1.807) is 24.4 Å². The molecule has 1 fully saturated rings. The van der Waals surface area contributed by atoms with Crippen molar-refractivity contribution in [2.75, 3.05) is 41.3 Å². The summed E-state index contributed by atoms with van der Waals surface area (Å²) >= 11 is 1.35. The topological polar surface area (TPSA) is 74.2 Å². The van der Waals surface area contributed by atoms with Crippen LogP contribution in [0.5, 0.6) is 0 Å². The standard InChI is InChI=1S/C23H21FN6OS/c1-15-19-21(30-12-10-29(11-13-30)17-7-3-2-6-16(17)24)26-14-27-23(19)32-20(15)22(31)28-18-8-4-5-9-25-18/h2-9,14H,10-13H2,1H3,(H,25,28,31). The van der Waals surface area contributed by atoms with E-state index in [2.05, 4.69) is 30.1 Å². The monoisotopic (exact) mass is 448 g/mol. The molecule has 0 spiro atoms. The first-order valence-corrected chi connectivity index (χ1v) is 11.1. The van der Waals surface area contributed by atoms with Crippen molar-refractivity contribution in [3.05, 3.63) is 71.2 Å². The van der Waals surface area contributed by atoms with E-state index < -0.39 is 0 Å². The van der Waals surface area contributed by atoms with Crippen molar-refractivity contribution >= 4 is 44.8 Å². The molecule has 4 heterocycles. The van der Waals surface area contributed by atoms with Crippen LogP contribution in [0.25, 0.3) is 10.2 Å². The lowest BCUT2D eigenvalue weighted by Crippen LogP contribution is -2.47. The van der Waals surface area contributed by atoms with Crippen LogP contribution in [0.3, 0.4) is 0 Å². The molecule has 32 heavy (non-hydrogen) atoms. The molecule has 0 saturated carbocycles. The minimum absolute atomic E-state index is 0.206. The molecule has 1 saturated heterocycles. The lowest BCUT2D eigenvalue weighted by molar-refractivity contribution is 0.102. The van der Waals surface area contributed by atoms with Gasteiger partial charge in [-0.15, -0.1) is 11.3 Å². The van der Waals surface area contributed by atoms with Crippen molar-refractivity contribution < 1.29 is 9.18 Å². The first-order valence-electron chi connectivity index (χ1n) is 10.3. The number of benzene rings is 1. The lowest BCUT2D eigenvalue weighted by atomic mass is 10.1. The van der Waals surface area contributed by atoms with E-state index in [4.69, 9.17) is 0 Å². The molecule has 0 atom stereocenters. The Morgan fingerprint density at radius 2 is 1.75 bits per heavy atom. The van der Waals surface area contributed by atoms with Gasteiger partial charge in [0.1, 0.15) is 28.6 Å². The Bertz CT molecular complexity index is 1270. The summed E-state index contributed by atoms with van der Waals surface area (Å²) in [5, 5.41) is 3.74. The van der Waals surface area contributed by atoms with Crippen molar-refractivity contribution in [2.45, 2.75) is 6.92 Å². The summed E-state index contributed by atoms with van der Waals surface area (Å²) in [6.07, 6.45) is 3.18. The van der Waals surface area contributed by atoms with Gasteiger partial charge in [-0.25, -0.2) is 19.3 Å². The van der Waals surface area contributed by atoms with Crippen LogP contribution in [0.1, 0.15) is 15.2 Å². The van der Waals surface area contributed by atoms with E-state index in [0.717, 1.165) is 21.6 Å². The van der Waals surface area contributed by atoms with Gasteiger partial charge in [-0.05, 0) is 36.8 Å². The van der Waals surface area contributed by atoms with Gasteiger partial charge in [-0.3, -0.25) is 4.79 Å². The zero-order valence-electron chi connectivity index (χ0n) is 17.5. The number of fused-ring (bicyclic) bond motifs is 1.